The van der Waals surface area contributed by atoms with Crippen molar-refractivity contribution < 1.29 is 31.4 Å². The van der Waals surface area contributed by atoms with Crippen LogP contribution in [0.25, 0.3) is 0 Å². The molecule has 4 rings (SSSR count). The zero-order valence-electron chi connectivity index (χ0n) is 23.1. The van der Waals surface area contributed by atoms with Crippen LogP contribution in [0, 0.1) is 55.4 Å². The second-order valence-corrected chi connectivity index (χ2v) is 12.8. The molecular weight excluding hydrogens is 496 g/mol. The molecule has 0 bridgehead atoms. The first-order valence-electron chi connectivity index (χ1n) is 12.6. The van der Waals surface area contributed by atoms with E-state index in [4.69, 9.17) is 13.3 Å². The van der Waals surface area contributed by atoms with Gasteiger partial charge in [-0.1, -0.05) is 0 Å². The summed E-state index contributed by atoms with van der Waals surface area (Å²) in [5.74, 6) is 2.74. The molecule has 0 saturated carbocycles. The van der Waals surface area contributed by atoms with Gasteiger partial charge in [0.15, 0.2) is 0 Å². The number of hydrogen-bond donors (Lipinski definition) is 0. The summed E-state index contributed by atoms with van der Waals surface area (Å²) in [6, 6.07) is 24.3. The number of benzene rings is 4. The van der Waals surface area contributed by atoms with E-state index in [2.05, 4.69) is 52.0 Å². The first-order chi connectivity index (χ1) is 17.5. The molecule has 0 aliphatic carbocycles. The Morgan fingerprint density at radius 3 is 0.757 bits per heavy atom. The molecule has 4 aromatic carbocycles. The SMILES string of the molecule is Cc1ccc([O][Ti]([O]c2ccc(C)cc2C)([O]c2ccc(C)cc2C)[O]c2ccc(C)cc2C)c(C)c1. The van der Waals surface area contributed by atoms with Gasteiger partial charge in [-0.3, -0.25) is 0 Å². The van der Waals surface area contributed by atoms with Crippen LogP contribution in [0.15, 0.2) is 72.8 Å². The monoisotopic (exact) mass is 532 g/mol. The van der Waals surface area contributed by atoms with E-state index in [1.165, 1.54) is 0 Å². The van der Waals surface area contributed by atoms with Crippen LogP contribution in [0.2, 0.25) is 0 Å². The van der Waals surface area contributed by atoms with Gasteiger partial charge in [0.25, 0.3) is 0 Å². The molecule has 192 valence electrons. The van der Waals surface area contributed by atoms with E-state index in [9.17, 15) is 0 Å². The van der Waals surface area contributed by atoms with Crippen LogP contribution in [0.4, 0.5) is 0 Å². The van der Waals surface area contributed by atoms with Gasteiger partial charge in [-0.25, -0.2) is 0 Å². The zero-order valence-corrected chi connectivity index (χ0v) is 24.6. The third kappa shape index (κ3) is 6.57. The van der Waals surface area contributed by atoms with E-state index in [0.717, 1.165) is 44.5 Å². The maximum absolute atomic E-state index is 6.78. The second kappa shape index (κ2) is 11.0. The molecule has 0 atom stereocenters. The van der Waals surface area contributed by atoms with E-state index in [-0.39, 0.29) is 0 Å². The van der Waals surface area contributed by atoms with Gasteiger partial charge in [-0.15, -0.1) is 0 Å². The summed E-state index contributed by atoms with van der Waals surface area (Å²) in [5.41, 5.74) is 8.60. The first kappa shape index (κ1) is 26.8. The molecule has 0 aromatic heterocycles. The molecule has 0 saturated heterocycles. The van der Waals surface area contributed by atoms with Crippen molar-refractivity contribution in [2.24, 2.45) is 0 Å². The van der Waals surface area contributed by atoms with Gasteiger partial charge < -0.3 is 0 Å². The number of hydrogen-bond acceptors (Lipinski definition) is 4. The van der Waals surface area contributed by atoms with Crippen LogP contribution >= 0.6 is 0 Å². The van der Waals surface area contributed by atoms with Crippen LogP contribution in [0.1, 0.15) is 44.5 Å². The Kier molecular flexibility index (Phi) is 8.01. The standard InChI is InChI=1S/4C8H10O.Ti/c4*1-6-3-4-8(9)7(2)5-6;/h4*3-5,9H,1-2H3;/q;;;;+4/p-4. The number of rotatable bonds is 8. The minimum atomic E-state index is -4.66. The van der Waals surface area contributed by atoms with E-state index in [1.807, 2.05) is 76.2 Å². The Labute approximate surface area is 226 Å². The molecule has 4 aromatic rings. The average Bonchev–Trinajstić information content (AvgIpc) is 2.82. The van der Waals surface area contributed by atoms with Gasteiger partial charge in [0.2, 0.25) is 0 Å². The van der Waals surface area contributed by atoms with Crippen molar-refractivity contribution in [2.75, 3.05) is 0 Å². The summed E-state index contributed by atoms with van der Waals surface area (Å²) in [7, 11) is 0. The molecule has 0 N–H and O–H groups in total. The van der Waals surface area contributed by atoms with E-state index in [0.29, 0.717) is 23.0 Å². The van der Waals surface area contributed by atoms with Crippen molar-refractivity contribution in [2.45, 2.75) is 55.4 Å². The molecule has 0 amide bonds. The number of aryl methyl sites for hydroxylation is 8. The van der Waals surface area contributed by atoms with Crippen LogP contribution in [-0.2, 0) is 18.1 Å². The summed E-state index contributed by atoms with van der Waals surface area (Å²) in [6.45, 7) is 16.4. The van der Waals surface area contributed by atoms with Gasteiger partial charge in [0, 0.05) is 0 Å². The van der Waals surface area contributed by atoms with Crippen molar-refractivity contribution in [1.82, 2.24) is 0 Å². The molecule has 0 fully saturated rings. The van der Waals surface area contributed by atoms with Crippen LogP contribution in [-0.4, -0.2) is 0 Å². The molecule has 37 heavy (non-hydrogen) atoms. The molecule has 4 nitrogen and oxygen atoms in total. The molecule has 0 aliphatic rings. The van der Waals surface area contributed by atoms with Gasteiger partial charge in [-0.2, -0.15) is 0 Å². The van der Waals surface area contributed by atoms with Gasteiger partial charge in [-0.05, 0) is 0 Å². The third-order valence-electron chi connectivity index (χ3n) is 6.26. The molecule has 0 spiro atoms. The van der Waals surface area contributed by atoms with Gasteiger partial charge in [0.1, 0.15) is 0 Å². The fourth-order valence-electron chi connectivity index (χ4n) is 4.32. The molecular formula is C32H36O4Ti. The van der Waals surface area contributed by atoms with E-state index >= 15 is 0 Å². The van der Waals surface area contributed by atoms with E-state index < -0.39 is 18.1 Å². The molecule has 5 heteroatoms. The van der Waals surface area contributed by atoms with Crippen molar-refractivity contribution in [3.8, 4) is 23.0 Å². The Hall–Kier alpha value is -3.21. The fourth-order valence-corrected chi connectivity index (χ4v) is 7.82. The quantitative estimate of drug-likeness (QED) is 0.213. The van der Waals surface area contributed by atoms with Gasteiger partial charge >= 0.3 is 227 Å². The normalized spacial score (nSPS) is 11.2. The fraction of sp³-hybridized carbons (Fsp3) is 0.250. The van der Waals surface area contributed by atoms with Crippen molar-refractivity contribution in [1.29, 1.82) is 0 Å². The molecule has 0 radical (unpaired) electrons. The summed E-state index contributed by atoms with van der Waals surface area (Å²) in [5, 5.41) is 0. The Bertz CT molecular complexity index is 1210. The predicted molar refractivity (Wildman–Crippen MR) is 146 cm³/mol. The van der Waals surface area contributed by atoms with Crippen LogP contribution in [0.5, 0.6) is 23.0 Å². The van der Waals surface area contributed by atoms with Crippen LogP contribution in [0.3, 0.4) is 0 Å². The van der Waals surface area contributed by atoms with Crippen LogP contribution < -0.4 is 13.3 Å². The van der Waals surface area contributed by atoms with Crippen molar-refractivity contribution in [3.63, 3.8) is 0 Å². The summed E-state index contributed by atoms with van der Waals surface area (Å²) in [6.07, 6.45) is 0. The maximum atomic E-state index is 6.78. The van der Waals surface area contributed by atoms with E-state index in [1.54, 1.807) is 0 Å². The molecule has 0 aliphatic heterocycles. The topological polar surface area (TPSA) is 36.9 Å². The Morgan fingerprint density at radius 2 is 0.568 bits per heavy atom. The summed E-state index contributed by atoms with van der Waals surface area (Å²) >= 11 is -4.66. The minimum absolute atomic E-state index is 0.685. The zero-order chi connectivity index (χ0) is 26.7. The second-order valence-electron chi connectivity index (χ2n) is 9.98. The van der Waals surface area contributed by atoms with Gasteiger partial charge in [0.05, 0.1) is 0 Å². The van der Waals surface area contributed by atoms with Crippen molar-refractivity contribution >= 4 is 0 Å². The molecule has 0 heterocycles. The Morgan fingerprint density at radius 1 is 0.351 bits per heavy atom. The van der Waals surface area contributed by atoms with Crippen molar-refractivity contribution in [3.05, 3.63) is 117 Å². The Balaban J connectivity index is 1.89. The third-order valence-corrected chi connectivity index (χ3v) is 9.20. The first-order valence-corrected chi connectivity index (χ1v) is 15.1. The summed E-state index contributed by atoms with van der Waals surface area (Å²) in [4.78, 5) is 0. The predicted octanol–water partition coefficient (Wildman–Crippen LogP) is 8.58. The average molecular weight is 533 g/mol. The summed E-state index contributed by atoms with van der Waals surface area (Å²) < 4.78 is 27.1. The molecule has 0 unspecified atom stereocenters.